The molecule has 0 unspecified atom stereocenters. The molecule has 0 radical (unpaired) electrons. The Bertz CT molecular complexity index is 414. The third-order valence-corrected chi connectivity index (χ3v) is 4.65. The molecule has 1 aliphatic rings. The third-order valence-electron chi connectivity index (χ3n) is 3.28. The van der Waals surface area contributed by atoms with E-state index in [1.54, 1.807) is 22.6 Å². The summed E-state index contributed by atoms with van der Waals surface area (Å²) in [6.07, 6.45) is 8.15. The number of amides is 1. The van der Waals surface area contributed by atoms with Gasteiger partial charge in [-0.1, -0.05) is 19.3 Å². The molecule has 6 heteroatoms. The number of carbonyl (C=O) groups is 1. The van der Waals surface area contributed by atoms with Gasteiger partial charge in [-0.3, -0.25) is 14.6 Å². The van der Waals surface area contributed by atoms with E-state index in [4.69, 9.17) is 4.52 Å². The minimum absolute atomic E-state index is 0.0115. The van der Waals surface area contributed by atoms with Crippen LogP contribution in [0.4, 0.5) is 5.88 Å². The summed E-state index contributed by atoms with van der Waals surface area (Å²) in [5.41, 5.74) is 0. The van der Waals surface area contributed by atoms with Crippen molar-refractivity contribution in [1.82, 2.24) is 5.27 Å². The summed E-state index contributed by atoms with van der Waals surface area (Å²) < 4.78 is 6.74. The van der Waals surface area contributed by atoms with Crippen LogP contribution in [0.3, 0.4) is 0 Å². The van der Waals surface area contributed by atoms with Crippen molar-refractivity contribution in [1.29, 1.82) is 0 Å². The lowest BCUT2D eigenvalue weighted by Crippen LogP contribution is -2.36. The molecule has 19 heavy (non-hydrogen) atoms. The largest absolute Gasteiger partial charge is 0.302 e. The molecule has 0 aromatic carbocycles. The molecule has 5 nitrogen and oxygen atoms in total. The number of carbonyl (C=O) groups excluding carboxylic acids is 1. The Morgan fingerprint density at radius 2 is 2.26 bits per heavy atom. The van der Waals surface area contributed by atoms with Gasteiger partial charge in [-0.15, -0.1) is 11.8 Å². The molecule has 1 fully saturated rings. The number of nitrogens with one attached hydrogen (secondary N) is 1. The molecule has 1 saturated carbocycles. The van der Waals surface area contributed by atoms with Crippen LogP contribution >= 0.6 is 11.8 Å². The van der Waals surface area contributed by atoms with Crippen LogP contribution in [0.15, 0.2) is 10.7 Å². The zero-order valence-corrected chi connectivity index (χ0v) is 12.4. The third kappa shape index (κ3) is 4.53. The lowest BCUT2D eigenvalue weighted by molar-refractivity contribution is -0.779. The van der Waals surface area contributed by atoms with Gasteiger partial charge in [-0.25, -0.2) is 0 Å². The average Bonchev–Trinajstić information content (AvgIpc) is 2.86. The van der Waals surface area contributed by atoms with Gasteiger partial charge in [0.1, 0.15) is 0 Å². The van der Waals surface area contributed by atoms with Crippen molar-refractivity contribution in [2.45, 2.75) is 57.2 Å². The molecule has 1 aliphatic carbocycles. The van der Waals surface area contributed by atoms with Crippen LogP contribution in [-0.4, -0.2) is 22.2 Å². The van der Waals surface area contributed by atoms with E-state index in [0.29, 0.717) is 16.9 Å². The topological polar surface area (TPSA) is 59.0 Å². The minimum Gasteiger partial charge on any atom is -0.288 e. The normalized spacial score (nSPS) is 16.8. The van der Waals surface area contributed by atoms with Crippen molar-refractivity contribution in [3.8, 4) is 0 Å². The van der Waals surface area contributed by atoms with E-state index < -0.39 is 0 Å². The van der Waals surface area contributed by atoms with Crippen molar-refractivity contribution in [3.63, 3.8) is 0 Å². The van der Waals surface area contributed by atoms with Gasteiger partial charge >= 0.3 is 5.88 Å². The molecule has 1 N–H and O–H groups in total. The first-order chi connectivity index (χ1) is 9.15. The fourth-order valence-electron chi connectivity index (χ4n) is 2.16. The second-order valence-corrected chi connectivity index (χ2v) is 6.55. The molecule has 0 spiro atoms. The standard InChI is InChI=1S/C13H21N3O2S/c1-10(2)16-8-13(18-15-16)14-12(17)9-19-11-6-4-3-5-7-11/h8,10-11H,3-7,9H2,1-2H3/p+1. The van der Waals surface area contributed by atoms with Crippen molar-refractivity contribution in [3.05, 3.63) is 6.20 Å². The van der Waals surface area contributed by atoms with Crippen LogP contribution in [0, 0.1) is 0 Å². The van der Waals surface area contributed by atoms with Gasteiger partial charge in [0, 0.05) is 5.25 Å². The van der Waals surface area contributed by atoms with E-state index >= 15 is 0 Å². The van der Waals surface area contributed by atoms with Gasteiger partial charge in [0.15, 0.2) is 6.04 Å². The highest BCUT2D eigenvalue weighted by Crippen LogP contribution is 2.28. The van der Waals surface area contributed by atoms with E-state index in [1.165, 1.54) is 32.1 Å². The highest BCUT2D eigenvalue weighted by Gasteiger charge is 2.18. The monoisotopic (exact) mass is 284 g/mol. The maximum Gasteiger partial charge on any atom is 0.302 e. The zero-order valence-electron chi connectivity index (χ0n) is 11.6. The molecule has 0 atom stereocenters. The summed E-state index contributed by atoms with van der Waals surface area (Å²) in [4.78, 5) is 11.8. The first-order valence-electron chi connectivity index (χ1n) is 6.95. The van der Waals surface area contributed by atoms with Crippen LogP contribution < -0.4 is 10.00 Å². The molecule has 1 heterocycles. The molecule has 2 rings (SSSR count). The fourth-order valence-corrected chi connectivity index (χ4v) is 3.28. The molecule has 1 aromatic rings. The van der Waals surface area contributed by atoms with Crippen molar-refractivity contribution in [2.75, 3.05) is 11.1 Å². The van der Waals surface area contributed by atoms with Gasteiger partial charge in [-0.2, -0.15) is 0 Å². The minimum atomic E-state index is -0.0115. The predicted molar refractivity (Wildman–Crippen MR) is 75.0 cm³/mol. The van der Waals surface area contributed by atoms with E-state index in [9.17, 15) is 4.79 Å². The molecule has 106 valence electrons. The average molecular weight is 284 g/mol. The van der Waals surface area contributed by atoms with Gasteiger partial charge in [0.2, 0.25) is 11.2 Å². The number of hydrogen-bond donors (Lipinski definition) is 1. The SMILES string of the molecule is CC(C)[n+]1cc(NC(=O)CSC2CCCCC2)on1. The van der Waals surface area contributed by atoms with Crippen molar-refractivity contribution >= 4 is 23.6 Å². The van der Waals surface area contributed by atoms with E-state index in [0.717, 1.165) is 0 Å². The Morgan fingerprint density at radius 3 is 2.89 bits per heavy atom. The quantitative estimate of drug-likeness (QED) is 0.844. The summed E-state index contributed by atoms with van der Waals surface area (Å²) in [6.45, 7) is 4.01. The highest BCUT2D eigenvalue weighted by molar-refractivity contribution is 8.00. The van der Waals surface area contributed by atoms with Gasteiger partial charge < -0.3 is 0 Å². The summed E-state index contributed by atoms with van der Waals surface area (Å²) >= 11 is 1.76. The van der Waals surface area contributed by atoms with Gasteiger partial charge in [0.05, 0.1) is 5.75 Å². The Morgan fingerprint density at radius 1 is 1.53 bits per heavy atom. The number of nitrogens with zero attached hydrogens (tertiary/aromatic N) is 2. The fraction of sp³-hybridized carbons (Fsp3) is 0.769. The maximum absolute atomic E-state index is 11.8. The van der Waals surface area contributed by atoms with Crippen LogP contribution in [-0.2, 0) is 4.79 Å². The van der Waals surface area contributed by atoms with E-state index in [2.05, 4.69) is 10.6 Å². The second kappa shape index (κ2) is 6.93. The summed E-state index contributed by atoms with van der Waals surface area (Å²) in [5, 5.41) is 7.23. The molecule has 0 aliphatic heterocycles. The van der Waals surface area contributed by atoms with Crippen LogP contribution in [0.5, 0.6) is 0 Å². The molecule has 0 saturated heterocycles. The Labute approximate surface area is 118 Å². The Balaban J connectivity index is 1.73. The lowest BCUT2D eigenvalue weighted by atomic mass is 10.0. The van der Waals surface area contributed by atoms with Gasteiger partial charge in [0.25, 0.3) is 6.20 Å². The highest BCUT2D eigenvalue weighted by atomic mass is 32.2. The number of thioether (sulfide) groups is 1. The van der Waals surface area contributed by atoms with Crippen LogP contribution in [0.2, 0.25) is 0 Å². The molecular formula is C13H22N3O2S+. The summed E-state index contributed by atoms with van der Waals surface area (Å²) in [6, 6.07) is 0.228. The Kier molecular flexibility index (Phi) is 5.24. The maximum atomic E-state index is 11.8. The van der Waals surface area contributed by atoms with Crippen molar-refractivity contribution in [2.24, 2.45) is 0 Å². The van der Waals surface area contributed by atoms with Crippen LogP contribution in [0.25, 0.3) is 0 Å². The number of hydrogen-bond acceptors (Lipinski definition) is 4. The second-order valence-electron chi connectivity index (χ2n) is 5.26. The molecular weight excluding hydrogens is 262 g/mol. The lowest BCUT2D eigenvalue weighted by Gasteiger charge is -2.20. The zero-order chi connectivity index (χ0) is 13.7. The molecule has 0 bridgehead atoms. The van der Waals surface area contributed by atoms with Crippen molar-refractivity contribution < 1.29 is 14.0 Å². The number of aromatic nitrogens is 2. The number of anilines is 1. The first kappa shape index (κ1) is 14.4. The van der Waals surface area contributed by atoms with Gasteiger partial charge in [-0.05, 0) is 31.4 Å². The van der Waals surface area contributed by atoms with E-state index in [1.807, 2.05) is 13.8 Å². The molecule has 1 amide bonds. The summed E-state index contributed by atoms with van der Waals surface area (Å²) in [7, 11) is 0. The first-order valence-corrected chi connectivity index (χ1v) is 7.99. The summed E-state index contributed by atoms with van der Waals surface area (Å²) in [5.74, 6) is 0.901. The number of rotatable bonds is 5. The Hall–Kier alpha value is -1.04. The van der Waals surface area contributed by atoms with E-state index in [-0.39, 0.29) is 11.9 Å². The predicted octanol–water partition coefficient (Wildman–Crippen LogP) is 2.55. The smallest absolute Gasteiger partial charge is 0.288 e. The molecule has 1 aromatic heterocycles. The van der Waals surface area contributed by atoms with Crippen LogP contribution in [0.1, 0.15) is 52.0 Å².